The first-order chi connectivity index (χ1) is 11.6. The topological polar surface area (TPSA) is 26.9 Å². The van der Waals surface area contributed by atoms with Gasteiger partial charge in [-0.2, -0.15) is 0 Å². The third-order valence-electron chi connectivity index (χ3n) is 4.74. The van der Waals surface area contributed by atoms with Crippen LogP contribution in [0, 0.1) is 0 Å². The average Bonchev–Trinajstić information content (AvgIpc) is 3.09. The van der Waals surface area contributed by atoms with Crippen LogP contribution >= 0.6 is 11.3 Å². The van der Waals surface area contributed by atoms with Crippen LogP contribution in [0.5, 0.6) is 0 Å². The number of nitrogens with zero attached hydrogens (tertiary/aromatic N) is 2. The van der Waals surface area contributed by atoms with Crippen molar-refractivity contribution in [1.29, 1.82) is 0 Å². The van der Waals surface area contributed by atoms with E-state index >= 15 is 0 Å². The first-order valence-electron chi connectivity index (χ1n) is 8.21. The zero-order valence-corrected chi connectivity index (χ0v) is 14.8. The van der Waals surface area contributed by atoms with Crippen molar-refractivity contribution in [3.05, 3.63) is 68.8 Å². The fourth-order valence-corrected chi connectivity index (χ4v) is 4.73. The lowest BCUT2D eigenvalue weighted by atomic mass is 9.90. The summed E-state index contributed by atoms with van der Waals surface area (Å²) in [5, 5.41) is 2.20. The summed E-state index contributed by atoms with van der Waals surface area (Å²) in [5.41, 5.74) is 5.29. The standard InChI is InChI=1S/C20H20N2OS/c1-13(2)22-17-9-5-4-8-16(17)21(20(22)23)11-15-12-24-18-10-6-7-14(3)19(15)18/h4-6,8-10,12,14H,1,7,11H2,2-3H3. The number of imidazole rings is 1. The van der Waals surface area contributed by atoms with E-state index in [1.807, 2.05) is 35.8 Å². The van der Waals surface area contributed by atoms with Gasteiger partial charge in [0.1, 0.15) is 0 Å². The first-order valence-corrected chi connectivity index (χ1v) is 9.09. The highest BCUT2D eigenvalue weighted by atomic mass is 32.1. The zero-order chi connectivity index (χ0) is 16.8. The summed E-state index contributed by atoms with van der Waals surface area (Å²) < 4.78 is 3.58. The molecule has 0 bridgehead atoms. The molecular formula is C20H20N2OS. The van der Waals surface area contributed by atoms with Crippen LogP contribution in [0.1, 0.15) is 42.2 Å². The fourth-order valence-electron chi connectivity index (χ4n) is 3.63. The summed E-state index contributed by atoms with van der Waals surface area (Å²) in [4.78, 5) is 14.3. The summed E-state index contributed by atoms with van der Waals surface area (Å²) in [6.07, 6.45) is 5.52. The fraction of sp³-hybridized carbons (Fsp3) is 0.250. The molecule has 0 amide bonds. The van der Waals surface area contributed by atoms with Gasteiger partial charge in [0.05, 0.1) is 17.6 Å². The molecule has 3 aromatic rings. The number of rotatable bonds is 3. The number of allylic oxidation sites excluding steroid dienone is 2. The molecule has 1 aromatic carbocycles. The Labute approximate surface area is 145 Å². The normalized spacial score (nSPS) is 16.5. The molecule has 0 radical (unpaired) electrons. The zero-order valence-electron chi connectivity index (χ0n) is 14.0. The van der Waals surface area contributed by atoms with Crippen molar-refractivity contribution in [2.75, 3.05) is 0 Å². The Morgan fingerprint density at radius 3 is 2.83 bits per heavy atom. The lowest BCUT2D eigenvalue weighted by Crippen LogP contribution is -2.24. The molecular weight excluding hydrogens is 316 g/mol. The van der Waals surface area contributed by atoms with Crippen LogP contribution < -0.4 is 5.69 Å². The molecule has 1 unspecified atom stereocenters. The smallest absolute Gasteiger partial charge is 0.287 e. The average molecular weight is 336 g/mol. The molecule has 1 aliphatic carbocycles. The van der Waals surface area contributed by atoms with Crippen LogP contribution in [-0.4, -0.2) is 9.13 Å². The van der Waals surface area contributed by atoms with Crippen LogP contribution in [0.2, 0.25) is 0 Å². The second-order valence-corrected chi connectivity index (χ2v) is 7.42. The molecule has 0 N–H and O–H groups in total. The summed E-state index contributed by atoms with van der Waals surface area (Å²) in [5.74, 6) is 0.511. The maximum Gasteiger partial charge on any atom is 0.333 e. The van der Waals surface area contributed by atoms with E-state index < -0.39 is 0 Å². The highest BCUT2D eigenvalue weighted by Crippen LogP contribution is 2.37. The van der Waals surface area contributed by atoms with E-state index in [0.29, 0.717) is 12.5 Å². The maximum atomic E-state index is 13.0. The van der Waals surface area contributed by atoms with Crippen molar-refractivity contribution < 1.29 is 0 Å². The molecule has 24 heavy (non-hydrogen) atoms. The van der Waals surface area contributed by atoms with Gasteiger partial charge >= 0.3 is 5.69 Å². The van der Waals surface area contributed by atoms with Gasteiger partial charge in [-0.3, -0.25) is 9.13 Å². The molecule has 0 fully saturated rings. The van der Waals surface area contributed by atoms with Crippen molar-refractivity contribution >= 4 is 34.1 Å². The number of fused-ring (bicyclic) bond motifs is 2. The Morgan fingerprint density at radius 1 is 1.33 bits per heavy atom. The Bertz CT molecular complexity index is 1030. The van der Waals surface area contributed by atoms with Crippen LogP contribution in [0.4, 0.5) is 0 Å². The van der Waals surface area contributed by atoms with Crippen molar-refractivity contribution in [1.82, 2.24) is 9.13 Å². The number of hydrogen-bond donors (Lipinski definition) is 0. The number of thiophene rings is 1. The molecule has 122 valence electrons. The predicted molar refractivity (Wildman–Crippen MR) is 103 cm³/mol. The molecule has 2 heterocycles. The van der Waals surface area contributed by atoms with Gasteiger partial charge in [-0.05, 0) is 54.0 Å². The van der Waals surface area contributed by atoms with Crippen LogP contribution in [0.25, 0.3) is 22.8 Å². The van der Waals surface area contributed by atoms with Crippen molar-refractivity contribution in [2.45, 2.75) is 32.7 Å². The summed E-state index contributed by atoms with van der Waals surface area (Å²) in [6.45, 7) is 8.72. The van der Waals surface area contributed by atoms with Crippen LogP contribution in [0.15, 0.2) is 47.1 Å². The molecule has 3 nitrogen and oxygen atoms in total. The number of hydrogen-bond acceptors (Lipinski definition) is 2. The largest absolute Gasteiger partial charge is 0.333 e. The van der Waals surface area contributed by atoms with E-state index in [-0.39, 0.29) is 5.69 Å². The van der Waals surface area contributed by atoms with E-state index in [1.165, 1.54) is 16.0 Å². The quantitative estimate of drug-likeness (QED) is 0.666. The second-order valence-electron chi connectivity index (χ2n) is 6.51. The highest BCUT2D eigenvalue weighted by molar-refractivity contribution is 7.11. The molecule has 1 aliphatic rings. The van der Waals surface area contributed by atoms with Gasteiger partial charge in [0, 0.05) is 10.6 Å². The number of para-hydroxylation sites is 2. The summed E-state index contributed by atoms with van der Waals surface area (Å²) >= 11 is 1.77. The minimum absolute atomic E-state index is 0.0114. The van der Waals surface area contributed by atoms with Gasteiger partial charge in [0.2, 0.25) is 0 Å². The molecule has 0 aliphatic heterocycles. The van der Waals surface area contributed by atoms with E-state index in [4.69, 9.17) is 0 Å². The van der Waals surface area contributed by atoms with E-state index in [2.05, 4.69) is 31.0 Å². The van der Waals surface area contributed by atoms with Gasteiger partial charge in [-0.25, -0.2) is 4.79 Å². The summed E-state index contributed by atoms with van der Waals surface area (Å²) in [7, 11) is 0. The maximum absolute atomic E-state index is 13.0. The Kier molecular flexibility index (Phi) is 3.57. The van der Waals surface area contributed by atoms with E-state index in [9.17, 15) is 4.79 Å². The van der Waals surface area contributed by atoms with Gasteiger partial charge in [0.15, 0.2) is 0 Å². The minimum Gasteiger partial charge on any atom is -0.287 e. The Hall–Kier alpha value is -2.33. The molecule has 0 saturated carbocycles. The molecule has 4 rings (SSSR count). The highest BCUT2D eigenvalue weighted by Gasteiger charge is 2.21. The monoisotopic (exact) mass is 336 g/mol. The third kappa shape index (κ3) is 2.21. The summed E-state index contributed by atoms with van der Waals surface area (Å²) in [6, 6.07) is 7.94. The predicted octanol–water partition coefficient (Wildman–Crippen LogP) is 4.92. The Morgan fingerprint density at radius 2 is 2.08 bits per heavy atom. The van der Waals surface area contributed by atoms with Crippen molar-refractivity contribution in [3.63, 3.8) is 0 Å². The van der Waals surface area contributed by atoms with Crippen LogP contribution in [-0.2, 0) is 6.54 Å². The van der Waals surface area contributed by atoms with Gasteiger partial charge in [0.25, 0.3) is 0 Å². The van der Waals surface area contributed by atoms with Gasteiger partial charge in [-0.15, -0.1) is 11.3 Å². The first kappa shape index (κ1) is 15.2. The van der Waals surface area contributed by atoms with E-state index in [1.54, 1.807) is 15.9 Å². The lowest BCUT2D eigenvalue weighted by molar-refractivity contribution is 0.723. The lowest BCUT2D eigenvalue weighted by Gasteiger charge is -2.16. The van der Waals surface area contributed by atoms with Gasteiger partial charge < -0.3 is 0 Å². The minimum atomic E-state index is -0.0114. The van der Waals surface area contributed by atoms with Gasteiger partial charge in [-0.1, -0.05) is 31.7 Å². The Balaban J connectivity index is 1.89. The van der Waals surface area contributed by atoms with Crippen molar-refractivity contribution in [3.8, 4) is 0 Å². The SMILES string of the molecule is C=C(C)n1c(=O)n(Cc2csc3c2C(C)CC=C3)c2ccccc21. The number of benzene rings is 1. The van der Waals surface area contributed by atoms with Crippen molar-refractivity contribution in [2.24, 2.45) is 0 Å². The third-order valence-corrected chi connectivity index (χ3v) is 5.75. The second kappa shape index (κ2) is 5.64. The molecule has 0 saturated heterocycles. The molecule has 2 aromatic heterocycles. The molecule has 0 spiro atoms. The number of aromatic nitrogens is 2. The molecule has 4 heteroatoms. The van der Waals surface area contributed by atoms with E-state index in [0.717, 1.165) is 23.2 Å². The molecule has 1 atom stereocenters. The van der Waals surface area contributed by atoms with Crippen LogP contribution in [0.3, 0.4) is 0 Å².